The molecule has 0 amide bonds. The minimum atomic E-state index is -1.61. The molecule has 1 aromatic carbocycles. The summed E-state index contributed by atoms with van der Waals surface area (Å²) in [6, 6.07) is 5.46. The van der Waals surface area contributed by atoms with Crippen molar-refractivity contribution in [2.24, 2.45) is 5.92 Å². The van der Waals surface area contributed by atoms with Gasteiger partial charge < -0.3 is 9.53 Å². The Labute approximate surface area is 191 Å². The number of allylic oxidation sites excluding steroid dienone is 5. The van der Waals surface area contributed by atoms with Gasteiger partial charge in [-0.25, -0.2) is 5.57 Å². The molecule has 4 heteroatoms. The number of rotatable bonds is 5. The summed E-state index contributed by atoms with van der Waals surface area (Å²) >= 11 is 2.08. The summed E-state index contributed by atoms with van der Waals surface area (Å²) in [5.41, 5.74) is 5.34. The van der Waals surface area contributed by atoms with Crippen molar-refractivity contribution in [1.82, 2.24) is 0 Å². The van der Waals surface area contributed by atoms with Crippen molar-refractivity contribution in [1.29, 1.82) is 0 Å². The molecule has 29 heavy (non-hydrogen) atoms. The quantitative estimate of drug-likeness (QED) is 0.294. The van der Waals surface area contributed by atoms with Crippen molar-refractivity contribution in [3.05, 3.63) is 59.2 Å². The van der Waals surface area contributed by atoms with Crippen LogP contribution in [-0.2, 0) is 26.4 Å². The first kappa shape index (κ1) is 27.8. The predicted molar refractivity (Wildman–Crippen MR) is 127 cm³/mol. The van der Waals surface area contributed by atoms with E-state index < -0.39 is 8.32 Å². The van der Waals surface area contributed by atoms with Crippen LogP contribution in [0.25, 0.3) is 0 Å². The zero-order valence-electron chi connectivity index (χ0n) is 19.9. The second-order valence-corrected chi connectivity index (χ2v) is 14.7. The number of phenols is 1. The Bertz CT molecular complexity index is 751. The van der Waals surface area contributed by atoms with Gasteiger partial charge in [-0.05, 0) is 50.2 Å². The van der Waals surface area contributed by atoms with Crippen molar-refractivity contribution >= 4 is 12.1 Å². The summed E-state index contributed by atoms with van der Waals surface area (Å²) in [5.74, 6) is 1.61. The third-order valence-electron chi connectivity index (χ3n) is 4.25. The Morgan fingerprint density at radius 1 is 1.21 bits per heavy atom. The minimum absolute atomic E-state index is 0.273. The van der Waals surface area contributed by atoms with Crippen LogP contribution in [0, 0.1) is 12.0 Å². The van der Waals surface area contributed by atoms with Crippen LogP contribution in [0.4, 0.5) is 0 Å². The van der Waals surface area contributed by atoms with E-state index in [9.17, 15) is 5.11 Å². The fourth-order valence-corrected chi connectivity index (χ4v) is 3.46. The Balaban J connectivity index is 0.000000504. The number of hydrogen-bond acceptors (Lipinski definition) is 2. The van der Waals surface area contributed by atoms with E-state index in [-0.39, 0.29) is 5.75 Å². The molecule has 1 N–H and O–H groups in total. The van der Waals surface area contributed by atoms with Gasteiger partial charge in [-0.15, -0.1) is 13.5 Å². The van der Waals surface area contributed by atoms with E-state index in [0.717, 1.165) is 24.2 Å². The van der Waals surface area contributed by atoms with E-state index in [1.54, 1.807) is 12.1 Å². The van der Waals surface area contributed by atoms with E-state index in [4.69, 9.17) is 4.43 Å². The normalized spacial score (nSPS) is 15.6. The van der Waals surface area contributed by atoms with Gasteiger partial charge in [0.15, 0.2) is 0 Å². The molecule has 0 radical (unpaired) electrons. The van der Waals surface area contributed by atoms with Crippen LogP contribution in [0.1, 0.15) is 53.5 Å². The summed E-state index contributed by atoms with van der Waals surface area (Å²) < 4.78 is 7.27. The van der Waals surface area contributed by atoms with Crippen molar-refractivity contribution in [2.75, 3.05) is 0 Å². The molecule has 0 aromatic heterocycles. The van der Waals surface area contributed by atoms with Crippen LogP contribution < -0.4 is 4.43 Å². The Morgan fingerprint density at radius 2 is 1.76 bits per heavy atom. The summed E-state index contributed by atoms with van der Waals surface area (Å²) in [6.45, 7) is 22.9. The summed E-state index contributed by atoms with van der Waals surface area (Å²) in [5, 5.41) is 9.60. The zero-order chi connectivity index (χ0) is 22.8. The van der Waals surface area contributed by atoms with Gasteiger partial charge in [0.1, 0.15) is 11.5 Å². The maximum atomic E-state index is 9.60. The molecule has 0 fully saturated rings. The van der Waals surface area contributed by atoms with Gasteiger partial charge in [-0.3, -0.25) is 6.08 Å². The van der Waals surface area contributed by atoms with E-state index in [1.165, 1.54) is 20.5 Å². The standard InChI is InChI=1S/C13H20O2Si.C9H13.C3H6.Ti/c1-5-6-7-11-8-12(14)10-13(9-11)15-16(2,3)4;1-6-5-7(2)9(4)8(6)3;1-3-2;/h5,8-10,14H,1,6-7H2,2-4H3;6H,1-4H3;1-2H3;/q;-1;;+1. The van der Waals surface area contributed by atoms with Gasteiger partial charge in [0.2, 0.25) is 8.32 Å². The molecule has 0 saturated heterocycles. The molecule has 1 aromatic rings. The van der Waals surface area contributed by atoms with Crippen LogP contribution in [0.15, 0.2) is 47.6 Å². The zero-order valence-corrected chi connectivity index (χ0v) is 22.4. The van der Waals surface area contributed by atoms with Crippen molar-refractivity contribution in [3.8, 4) is 11.5 Å². The van der Waals surface area contributed by atoms with Gasteiger partial charge in [0.05, 0.1) is 0 Å². The third kappa shape index (κ3) is 12.9. The second-order valence-electron chi connectivity index (χ2n) is 8.68. The number of benzene rings is 1. The van der Waals surface area contributed by atoms with Crippen LogP contribution in [-0.4, -0.2) is 17.2 Å². The molecule has 0 saturated carbocycles. The van der Waals surface area contributed by atoms with Gasteiger partial charge in [-0.1, -0.05) is 32.8 Å². The Hall–Kier alpha value is -1.16. The Kier molecular flexibility index (Phi) is 12.7. The van der Waals surface area contributed by atoms with Crippen molar-refractivity contribution in [3.63, 3.8) is 0 Å². The van der Waals surface area contributed by atoms with Crippen LogP contribution in [0.3, 0.4) is 0 Å². The Morgan fingerprint density at radius 3 is 2.10 bits per heavy atom. The summed E-state index contributed by atoms with van der Waals surface area (Å²) in [6.07, 6.45) is 7.04. The first-order chi connectivity index (χ1) is 13.3. The monoisotopic (exact) mass is 447 g/mol. The molecule has 2 rings (SSSR count). The first-order valence-corrected chi connectivity index (χ1v) is 14.4. The van der Waals surface area contributed by atoms with Gasteiger partial charge >= 0.3 is 37.6 Å². The molecular weight excluding hydrogens is 408 g/mol. The van der Waals surface area contributed by atoms with Crippen LogP contribution in [0.2, 0.25) is 19.6 Å². The fourth-order valence-electron chi connectivity index (χ4n) is 2.63. The molecule has 1 atom stereocenters. The molecule has 1 aliphatic carbocycles. The average molecular weight is 448 g/mol. The predicted octanol–water partition coefficient (Wildman–Crippen LogP) is 7.19. The molecule has 0 heterocycles. The van der Waals surface area contributed by atoms with E-state index in [0.29, 0.717) is 5.92 Å². The molecule has 0 bridgehead atoms. The molecule has 0 aliphatic heterocycles. The third-order valence-corrected chi connectivity index (χ3v) is 5.10. The van der Waals surface area contributed by atoms with E-state index >= 15 is 0 Å². The number of aryl methyl sites for hydroxylation is 1. The fraction of sp³-hybridized carbons (Fsp3) is 0.480. The first-order valence-electron chi connectivity index (χ1n) is 10.2. The van der Waals surface area contributed by atoms with Crippen LogP contribution in [0.5, 0.6) is 11.5 Å². The van der Waals surface area contributed by atoms with Crippen molar-refractivity contribution < 1.29 is 29.5 Å². The topological polar surface area (TPSA) is 29.5 Å². The maximum absolute atomic E-state index is 9.60. The van der Waals surface area contributed by atoms with E-state index in [1.807, 2.05) is 12.1 Å². The second kappa shape index (κ2) is 13.2. The molecule has 1 aliphatic rings. The molecule has 2 nitrogen and oxygen atoms in total. The number of aromatic hydroxyl groups is 1. The average Bonchev–Trinajstić information content (AvgIpc) is 2.77. The van der Waals surface area contributed by atoms with Crippen LogP contribution >= 0.6 is 0 Å². The molecular formula is C25H39O2SiTi. The number of phenolic OH excluding ortho intramolecular Hbond substituents is 1. The molecule has 1 unspecified atom stereocenters. The van der Waals surface area contributed by atoms with Crippen molar-refractivity contribution in [2.45, 2.75) is 74.0 Å². The van der Waals surface area contributed by atoms with Gasteiger partial charge in [0.25, 0.3) is 0 Å². The summed E-state index contributed by atoms with van der Waals surface area (Å²) in [7, 11) is -1.61. The molecule has 0 spiro atoms. The van der Waals surface area contributed by atoms with Gasteiger partial charge in [0, 0.05) is 6.07 Å². The molecule has 159 valence electrons. The van der Waals surface area contributed by atoms with Gasteiger partial charge in [-0.2, -0.15) is 11.1 Å². The summed E-state index contributed by atoms with van der Waals surface area (Å²) in [4.78, 5) is 0. The number of hydrogen-bond donors (Lipinski definition) is 1. The SMILES string of the molecule is C=CCCc1cc(O)cc(O[Si](C)(C)C)c1.CC1=[C-]C(C)C(C)=C1C.C[C](C)=[Ti+]. The van der Waals surface area contributed by atoms with E-state index in [2.05, 4.69) is 93.8 Å².